The Kier molecular flexibility index (Phi) is 6.49. The summed E-state index contributed by atoms with van der Waals surface area (Å²) in [6, 6.07) is 10.0. The number of nitrogens with one attached hydrogen (secondary N) is 2. The van der Waals surface area contributed by atoms with Gasteiger partial charge in [0.1, 0.15) is 0 Å². The predicted octanol–water partition coefficient (Wildman–Crippen LogP) is 3.61. The summed E-state index contributed by atoms with van der Waals surface area (Å²) in [5.74, 6) is 1.37. The summed E-state index contributed by atoms with van der Waals surface area (Å²) in [5.41, 5.74) is 5.80. The first-order valence-corrected chi connectivity index (χ1v) is 13.4. The Morgan fingerprint density at radius 3 is 2.79 bits per heavy atom. The van der Waals surface area contributed by atoms with Crippen LogP contribution < -0.4 is 20.3 Å². The van der Waals surface area contributed by atoms with E-state index in [1.54, 1.807) is 23.0 Å². The number of imidazole rings is 1. The first-order valence-electron chi connectivity index (χ1n) is 13.4. The lowest BCUT2D eigenvalue weighted by molar-refractivity contribution is 0.102. The number of hydrogen-bond acceptors (Lipinski definition) is 7. The molecule has 6 rings (SSSR count). The van der Waals surface area contributed by atoms with E-state index >= 15 is 0 Å². The van der Waals surface area contributed by atoms with E-state index in [2.05, 4.69) is 55.3 Å². The van der Waals surface area contributed by atoms with Crippen LogP contribution in [-0.2, 0) is 13.6 Å². The molecule has 0 saturated carbocycles. The van der Waals surface area contributed by atoms with Crippen molar-refractivity contribution in [2.45, 2.75) is 33.2 Å². The number of pyridine rings is 1. The Labute approximate surface area is 222 Å². The molecule has 0 radical (unpaired) electrons. The molecule has 10 nitrogen and oxygen atoms in total. The quantitative estimate of drug-likeness (QED) is 0.400. The number of ether oxygens (including phenoxy) is 1. The summed E-state index contributed by atoms with van der Waals surface area (Å²) in [4.78, 5) is 25.5. The van der Waals surface area contributed by atoms with E-state index in [1.807, 2.05) is 14.0 Å². The zero-order valence-electron chi connectivity index (χ0n) is 22.2. The fraction of sp³-hybridized carbons (Fsp3) is 0.429. The molecule has 2 aliphatic heterocycles. The summed E-state index contributed by atoms with van der Waals surface area (Å²) in [6.07, 6.45) is 3.62. The molecule has 0 spiro atoms. The number of nitrogens with zero attached hydrogens (tertiary/aromatic N) is 6. The van der Waals surface area contributed by atoms with Crippen LogP contribution in [-0.4, -0.2) is 63.0 Å². The maximum absolute atomic E-state index is 13.6. The maximum atomic E-state index is 13.6. The Morgan fingerprint density at radius 2 is 1.95 bits per heavy atom. The van der Waals surface area contributed by atoms with Gasteiger partial charge in [0.05, 0.1) is 35.1 Å². The van der Waals surface area contributed by atoms with Gasteiger partial charge in [-0.25, -0.2) is 9.67 Å². The topological polar surface area (TPSA) is 102 Å². The maximum Gasteiger partial charge on any atom is 0.258 e. The number of amides is 1. The third-order valence-corrected chi connectivity index (χ3v) is 7.39. The van der Waals surface area contributed by atoms with Crippen molar-refractivity contribution in [2.75, 3.05) is 43.0 Å². The second kappa shape index (κ2) is 10.1. The van der Waals surface area contributed by atoms with Crippen molar-refractivity contribution in [1.29, 1.82) is 0 Å². The molecule has 1 fully saturated rings. The average Bonchev–Trinajstić information content (AvgIpc) is 3.45. The Hall–Kier alpha value is -3.92. The lowest BCUT2D eigenvalue weighted by Crippen LogP contribution is -2.43. The number of hydrogen-bond donors (Lipinski definition) is 2. The van der Waals surface area contributed by atoms with Crippen molar-refractivity contribution >= 4 is 28.6 Å². The number of anilines is 2. The van der Waals surface area contributed by atoms with Crippen molar-refractivity contribution in [3.05, 3.63) is 47.8 Å². The van der Waals surface area contributed by atoms with Gasteiger partial charge in [-0.1, -0.05) is 6.92 Å². The zero-order chi connectivity index (χ0) is 26.2. The molecule has 38 heavy (non-hydrogen) atoms. The van der Waals surface area contributed by atoms with Gasteiger partial charge in [-0.05, 0) is 56.0 Å². The summed E-state index contributed by atoms with van der Waals surface area (Å²) in [7, 11) is 1.86. The molecule has 1 aromatic carbocycles. The number of benzene rings is 1. The molecule has 10 heteroatoms. The standard InChI is InChI=1S/C28H34N8O2/c1-18-5-4-12-38-27-22(16-30-34(27)3)24-14-20(13-19(2)31-24)26(37)33-28-32-23-7-6-21(15-25(23)36(28)17-18)35-10-8-29-9-11-35/h6-7,13-16,18,29H,4-5,8-12,17H2,1-3H3,(H,32,33,37). The molecule has 1 amide bonds. The minimum atomic E-state index is -0.218. The first-order chi connectivity index (χ1) is 18.5. The number of rotatable bonds is 1. The number of aromatic nitrogens is 5. The summed E-state index contributed by atoms with van der Waals surface area (Å²) in [5, 5.41) is 10.9. The van der Waals surface area contributed by atoms with Crippen molar-refractivity contribution in [3.8, 4) is 17.1 Å². The third-order valence-electron chi connectivity index (χ3n) is 7.39. The number of carbonyl (C=O) groups is 1. The molecular formula is C28H34N8O2. The third kappa shape index (κ3) is 4.71. The van der Waals surface area contributed by atoms with Crippen LogP contribution in [0.2, 0.25) is 0 Å². The normalized spacial score (nSPS) is 18.7. The van der Waals surface area contributed by atoms with Crippen LogP contribution in [0.25, 0.3) is 22.3 Å². The van der Waals surface area contributed by atoms with Gasteiger partial charge in [0, 0.05) is 56.7 Å². The Bertz CT molecular complexity index is 1480. The predicted molar refractivity (Wildman–Crippen MR) is 148 cm³/mol. The van der Waals surface area contributed by atoms with Crippen LogP contribution in [0.1, 0.15) is 35.8 Å². The van der Waals surface area contributed by atoms with Gasteiger partial charge < -0.3 is 19.5 Å². The molecule has 0 aliphatic carbocycles. The van der Waals surface area contributed by atoms with Gasteiger partial charge in [0.2, 0.25) is 11.8 Å². The molecular weight excluding hydrogens is 480 g/mol. The molecule has 2 bridgehead atoms. The second-order valence-corrected chi connectivity index (χ2v) is 10.4. The fourth-order valence-corrected chi connectivity index (χ4v) is 5.40. The summed E-state index contributed by atoms with van der Waals surface area (Å²) in [6.45, 7) is 9.35. The van der Waals surface area contributed by atoms with Crippen LogP contribution >= 0.6 is 0 Å². The molecule has 2 N–H and O–H groups in total. The summed E-state index contributed by atoms with van der Waals surface area (Å²) < 4.78 is 10.1. The van der Waals surface area contributed by atoms with E-state index in [9.17, 15) is 4.79 Å². The van der Waals surface area contributed by atoms with Gasteiger partial charge >= 0.3 is 0 Å². The minimum absolute atomic E-state index is 0.218. The molecule has 2 aliphatic rings. The second-order valence-electron chi connectivity index (χ2n) is 10.4. The largest absolute Gasteiger partial charge is 0.477 e. The highest BCUT2D eigenvalue weighted by molar-refractivity contribution is 6.05. The van der Waals surface area contributed by atoms with E-state index in [-0.39, 0.29) is 5.91 Å². The van der Waals surface area contributed by atoms with Crippen LogP contribution in [0.4, 0.5) is 11.6 Å². The van der Waals surface area contributed by atoms with E-state index < -0.39 is 0 Å². The SMILES string of the molecule is Cc1cc2cc(n1)-c1cnn(C)c1OCCCC(C)Cn1c(nc3ccc(N4CCNCC4)cc31)NC2=O. The van der Waals surface area contributed by atoms with Crippen LogP contribution in [0.15, 0.2) is 36.5 Å². The number of aryl methyl sites for hydroxylation is 2. The molecule has 1 saturated heterocycles. The van der Waals surface area contributed by atoms with Crippen molar-refractivity contribution in [3.63, 3.8) is 0 Å². The molecule has 1 unspecified atom stereocenters. The molecule has 4 aromatic rings. The lowest BCUT2D eigenvalue weighted by atomic mass is 10.1. The molecule has 3 aromatic heterocycles. The van der Waals surface area contributed by atoms with Crippen molar-refractivity contribution in [2.24, 2.45) is 13.0 Å². The molecule has 1 atom stereocenters. The van der Waals surface area contributed by atoms with E-state index in [0.29, 0.717) is 35.6 Å². The lowest BCUT2D eigenvalue weighted by Gasteiger charge is -2.29. The van der Waals surface area contributed by atoms with Gasteiger partial charge in [-0.3, -0.25) is 15.1 Å². The fourth-order valence-electron chi connectivity index (χ4n) is 5.40. The van der Waals surface area contributed by atoms with E-state index in [4.69, 9.17) is 9.72 Å². The van der Waals surface area contributed by atoms with Crippen molar-refractivity contribution in [1.82, 2.24) is 29.6 Å². The van der Waals surface area contributed by atoms with Gasteiger partial charge in [-0.2, -0.15) is 5.10 Å². The van der Waals surface area contributed by atoms with Crippen LogP contribution in [0, 0.1) is 12.8 Å². The average molecular weight is 515 g/mol. The Morgan fingerprint density at radius 1 is 1.11 bits per heavy atom. The highest BCUT2D eigenvalue weighted by Crippen LogP contribution is 2.31. The van der Waals surface area contributed by atoms with Gasteiger partial charge in [0.25, 0.3) is 5.91 Å². The smallest absolute Gasteiger partial charge is 0.258 e. The zero-order valence-corrected chi connectivity index (χ0v) is 22.2. The van der Waals surface area contributed by atoms with E-state index in [0.717, 1.165) is 67.9 Å². The number of carbonyl (C=O) groups excluding carboxylic acids is 1. The van der Waals surface area contributed by atoms with E-state index in [1.165, 1.54) is 5.69 Å². The first kappa shape index (κ1) is 24.4. The minimum Gasteiger partial charge on any atom is -0.477 e. The van der Waals surface area contributed by atoms with Gasteiger partial charge in [-0.15, -0.1) is 0 Å². The summed E-state index contributed by atoms with van der Waals surface area (Å²) >= 11 is 0. The van der Waals surface area contributed by atoms with Crippen LogP contribution in [0.3, 0.4) is 0 Å². The highest BCUT2D eigenvalue weighted by atomic mass is 16.5. The van der Waals surface area contributed by atoms with Crippen molar-refractivity contribution < 1.29 is 9.53 Å². The monoisotopic (exact) mass is 514 g/mol. The Balaban J connectivity index is 1.42. The number of piperazine rings is 1. The number of fused-ring (bicyclic) bond motifs is 7. The van der Waals surface area contributed by atoms with Gasteiger partial charge in [0.15, 0.2) is 0 Å². The molecule has 198 valence electrons. The van der Waals surface area contributed by atoms with Crippen LogP contribution in [0.5, 0.6) is 5.88 Å². The molecule has 5 heterocycles. The highest BCUT2D eigenvalue weighted by Gasteiger charge is 2.21.